The molecule has 2 heterocycles. The Morgan fingerprint density at radius 2 is 1.61 bits per heavy atom. The molecule has 28 heavy (non-hydrogen) atoms. The van der Waals surface area contributed by atoms with Crippen molar-refractivity contribution in [2.75, 3.05) is 24.6 Å². The van der Waals surface area contributed by atoms with Gasteiger partial charge in [0.25, 0.3) is 0 Å². The van der Waals surface area contributed by atoms with E-state index in [0.29, 0.717) is 19.5 Å². The lowest BCUT2D eigenvalue weighted by molar-refractivity contribution is 0.160. The number of carbonyl (C=O) groups is 1. The average Bonchev–Trinajstić information content (AvgIpc) is 3.07. The van der Waals surface area contributed by atoms with Crippen LogP contribution in [0, 0.1) is 0 Å². The summed E-state index contributed by atoms with van der Waals surface area (Å²) in [5.41, 5.74) is 2.17. The molecule has 148 valence electrons. The second kappa shape index (κ2) is 7.59. The van der Waals surface area contributed by atoms with Crippen LogP contribution in [0.3, 0.4) is 0 Å². The zero-order valence-corrected chi connectivity index (χ0v) is 16.7. The first-order valence-corrected chi connectivity index (χ1v) is 11.7. The smallest absolute Gasteiger partial charge is 0.317 e. The Morgan fingerprint density at radius 1 is 1.00 bits per heavy atom. The van der Waals surface area contributed by atoms with Gasteiger partial charge in [0, 0.05) is 24.5 Å². The molecule has 0 bridgehead atoms. The topological polar surface area (TPSA) is 66.5 Å². The quantitative estimate of drug-likeness (QED) is 0.864. The summed E-state index contributed by atoms with van der Waals surface area (Å²) in [6, 6.07) is 20.3. The maximum Gasteiger partial charge on any atom is 0.317 e. The zero-order chi connectivity index (χ0) is 19.6. The van der Waals surface area contributed by atoms with Gasteiger partial charge in [-0.05, 0) is 30.4 Å². The van der Waals surface area contributed by atoms with E-state index in [0.717, 1.165) is 12.8 Å². The molecule has 0 unspecified atom stereocenters. The van der Waals surface area contributed by atoms with Gasteiger partial charge in [0.2, 0.25) is 0 Å². The molecule has 1 atom stereocenters. The molecule has 2 aromatic carbocycles. The van der Waals surface area contributed by atoms with Crippen molar-refractivity contribution in [3.63, 3.8) is 0 Å². The number of sulfone groups is 1. The number of amides is 2. The summed E-state index contributed by atoms with van der Waals surface area (Å²) >= 11 is 0. The molecule has 0 spiro atoms. The van der Waals surface area contributed by atoms with Crippen LogP contribution >= 0.6 is 0 Å². The first kappa shape index (κ1) is 19.0. The SMILES string of the molecule is O=C(N[C@H]1CCS(=O)(=O)C1)N1CCCC(c2ccccc2)(c2ccccc2)C1. The van der Waals surface area contributed by atoms with Gasteiger partial charge < -0.3 is 10.2 Å². The Bertz CT molecular complexity index is 889. The summed E-state index contributed by atoms with van der Waals surface area (Å²) in [7, 11) is -3.01. The van der Waals surface area contributed by atoms with Crippen molar-refractivity contribution in [2.45, 2.75) is 30.7 Å². The Morgan fingerprint density at radius 3 is 2.14 bits per heavy atom. The largest absolute Gasteiger partial charge is 0.334 e. The number of carbonyl (C=O) groups excluding carboxylic acids is 1. The van der Waals surface area contributed by atoms with E-state index in [-0.39, 0.29) is 29.0 Å². The number of hydrogen-bond acceptors (Lipinski definition) is 3. The molecule has 5 nitrogen and oxygen atoms in total. The second-order valence-electron chi connectivity index (χ2n) is 7.89. The lowest BCUT2D eigenvalue weighted by Gasteiger charge is -2.44. The van der Waals surface area contributed by atoms with Gasteiger partial charge in [0.05, 0.1) is 11.5 Å². The van der Waals surface area contributed by atoms with Crippen LogP contribution in [0.15, 0.2) is 60.7 Å². The lowest BCUT2D eigenvalue weighted by Crippen LogP contribution is -2.53. The predicted octanol–water partition coefficient (Wildman–Crippen LogP) is 2.97. The van der Waals surface area contributed by atoms with E-state index in [1.54, 1.807) is 0 Å². The molecular weight excluding hydrogens is 372 g/mol. The molecule has 2 aliphatic rings. The molecule has 2 aromatic rings. The van der Waals surface area contributed by atoms with Gasteiger partial charge >= 0.3 is 6.03 Å². The van der Waals surface area contributed by atoms with Crippen LogP contribution in [0.5, 0.6) is 0 Å². The van der Waals surface area contributed by atoms with E-state index in [1.807, 2.05) is 41.3 Å². The molecule has 2 aliphatic heterocycles. The summed E-state index contributed by atoms with van der Waals surface area (Å²) in [5, 5.41) is 2.95. The van der Waals surface area contributed by atoms with Crippen LogP contribution < -0.4 is 5.32 Å². The fourth-order valence-corrected chi connectivity index (χ4v) is 6.23. The minimum atomic E-state index is -3.01. The van der Waals surface area contributed by atoms with Gasteiger partial charge in [-0.3, -0.25) is 0 Å². The Balaban J connectivity index is 1.59. The Hall–Kier alpha value is -2.34. The van der Waals surface area contributed by atoms with E-state index < -0.39 is 9.84 Å². The molecular formula is C22H26N2O3S. The van der Waals surface area contributed by atoms with Crippen LogP contribution in [0.2, 0.25) is 0 Å². The van der Waals surface area contributed by atoms with Crippen molar-refractivity contribution in [1.82, 2.24) is 10.2 Å². The highest BCUT2D eigenvalue weighted by molar-refractivity contribution is 7.91. The number of likely N-dealkylation sites (tertiary alicyclic amines) is 1. The third-order valence-corrected chi connectivity index (χ3v) is 7.76. The molecule has 0 aliphatic carbocycles. The van der Waals surface area contributed by atoms with Gasteiger partial charge in [0.15, 0.2) is 9.84 Å². The van der Waals surface area contributed by atoms with Gasteiger partial charge in [-0.1, -0.05) is 60.7 Å². The molecule has 4 rings (SSSR count). The van der Waals surface area contributed by atoms with Crippen LogP contribution in [0.4, 0.5) is 4.79 Å². The molecule has 2 amide bonds. The van der Waals surface area contributed by atoms with Crippen LogP contribution in [0.25, 0.3) is 0 Å². The molecule has 2 saturated heterocycles. The van der Waals surface area contributed by atoms with Gasteiger partial charge in [-0.2, -0.15) is 0 Å². The summed E-state index contributed by atoms with van der Waals surface area (Å²) in [4.78, 5) is 14.8. The highest BCUT2D eigenvalue weighted by atomic mass is 32.2. The number of nitrogens with one attached hydrogen (secondary N) is 1. The monoisotopic (exact) mass is 398 g/mol. The Kier molecular flexibility index (Phi) is 5.15. The number of nitrogens with zero attached hydrogens (tertiary/aromatic N) is 1. The number of piperidine rings is 1. The van der Waals surface area contributed by atoms with Crippen LogP contribution in [-0.4, -0.2) is 50.0 Å². The third kappa shape index (κ3) is 3.78. The van der Waals surface area contributed by atoms with Crippen molar-refractivity contribution in [3.05, 3.63) is 71.8 Å². The first-order chi connectivity index (χ1) is 13.5. The summed E-state index contributed by atoms with van der Waals surface area (Å²) in [5.74, 6) is 0.213. The number of urea groups is 1. The third-order valence-electron chi connectivity index (χ3n) is 5.99. The zero-order valence-electron chi connectivity index (χ0n) is 15.9. The van der Waals surface area contributed by atoms with Gasteiger partial charge in [-0.15, -0.1) is 0 Å². The highest BCUT2D eigenvalue weighted by Gasteiger charge is 2.40. The molecule has 6 heteroatoms. The summed E-state index contributed by atoms with van der Waals surface area (Å²) in [6.45, 7) is 1.28. The molecule has 0 aromatic heterocycles. The van der Waals surface area contributed by atoms with Crippen molar-refractivity contribution in [3.8, 4) is 0 Å². The van der Waals surface area contributed by atoms with E-state index in [1.165, 1.54) is 11.1 Å². The first-order valence-electron chi connectivity index (χ1n) is 9.85. The maximum absolute atomic E-state index is 12.9. The van der Waals surface area contributed by atoms with E-state index in [4.69, 9.17) is 0 Å². The van der Waals surface area contributed by atoms with Gasteiger partial charge in [-0.25, -0.2) is 13.2 Å². The van der Waals surface area contributed by atoms with E-state index >= 15 is 0 Å². The second-order valence-corrected chi connectivity index (χ2v) is 10.1. The predicted molar refractivity (Wildman–Crippen MR) is 110 cm³/mol. The standard InChI is InChI=1S/C22H26N2O3S/c25-21(23-20-12-15-28(26,27)16-20)24-14-7-13-22(17-24,18-8-3-1-4-9-18)19-10-5-2-6-11-19/h1-6,8-11,20H,7,12-17H2,(H,23,25)/t20-/m0/s1. The fraction of sp³-hybridized carbons (Fsp3) is 0.409. The minimum absolute atomic E-state index is 0.0507. The van der Waals surface area contributed by atoms with Crippen molar-refractivity contribution in [1.29, 1.82) is 0 Å². The maximum atomic E-state index is 12.9. The number of hydrogen-bond donors (Lipinski definition) is 1. The molecule has 1 N–H and O–H groups in total. The highest BCUT2D eigenvalue weighted by Crippen LogP contribution is 2.40. The summed E-state index contributed by atoms with van der Waals surface area (Å²) < 4.78 is 23.4. The fourth-order valence-electron chi connectivity index (χ4n) is 4.56. The average molecular weight is 399 g/mol. The Labute approximate surface area is 166 Å². The van der Waals surface area contributed by atoms with Gasteiger partial charge in [0.1, 0.15) is 0 Å². The van der Waals surface area contributed by atoms with Crippen LogP contribution in [0.1, 0.15) is 30.4 Å². The normalized spacial score (nSPS) is 23.3. The molecule has 0 radical (unpaired) electrons. The van der Waals surface area contributed by atoms with Crippen molar-refractivity contribution < 1.29 is 13.2 Å². The lowest BCUT2D eigenvalue weighted by atomic mass is 9.69. The van der Waals surface area contributed by atoms with E-state index in [9.17, 15) is 13.2 Å². The van der Waals surface area contributed by atoms with Crippen LogP contribution in [-0.2, 0) is 15.3 Å². The number of benzene rings is 2. The summed E-state index contributed by atoms with van der Waals surface area (Å²) in [6.07, 6.45) is 2.38. The number of rotatable bonds is 3. The minimum Gasteiger partial charge on any atom is -0.334 e. The van der Waals surface area contributed by atoms with Crippen molar-refractivity contribution >= 4 is 15.9 Å². The van der Waals surface area contributed by atoms with E-state index in [2.05, 4.69) is 29.6 Å². The van der Waals surface area contributed by atoms with Crippen molar-refractivity contribution in [2.24, 2.45) is 0 Å². The molecule has 2 fully saturated rings. The molecule has 0 saturated carbocycles.